The Morgan fingerprint density at radius 2 is 1.62 bits per heavy atom. The van der Waals surface area contributed by atoms with Crippen LogP contribution in [0.25, 0.3) is 0 Å². The van der Waals surface area contributed by atoms with Crippen molar-refractivity contribution in [1.29, 1.82) is 0 Å². The first-order valence-corrected chi connectivity index (χ1v) is 8.92. The molecule has 3 aromatic rings. The second-order valence-corrected chi connectivity index (χ2v) is 6.96. The Kier molecular flexibility index (Phi) is 4.11. The minimum absolute atomic E-state index is 0.179. The zero-order valence-corrected chi connectivity index (χ0v) is 15.1. The molecule has 2 aromatic carbocycles. The molecule has 1 fully saturated rings. The fraction of sp³-hybridized carbons (Fsp3) is 0.273. The molecule has 0 N–H and O–H groups in total. The lowest BCUT2D eigenvalue weighted by Crippen LogP contribution is -2.33. The fourth-order valence-corrected chi connectivity index (χ4v) is 3.82. The van der Waals surface area contributed by atoms with Crippen LogP contribution in [-0.2, 0) is 21.5 Å². The third-order valence-electron chi connectivity index (χ3n) is 5.41. The van der Waals surface area contributed by atoms with E-state index in [1.54, 1.807) is 0 Å². The Hall–Kier alpha value is -2.88. The van der Waals surface area contributed by atoms with Crippen LogP contribution in [0.1, 0.15) is 28.8 Å². The van der Waals surface area contributed by atoms with Crippen molar-refractivity contribution in [2.45, 2.75) is 38.3 Å². The molecule has 1 saturated heterocycles. The summed E-state index contributed by atoms with van der Waals surface area (Å²) in [6.45, 7) is 4.66. The van der Waals surface area contributed by atoms with E-state index in [2.05, 4.69) is 5.10 Å². The second-order valence-electron chi connectivity index (χ2n) is 6.96. The predicted molar refractivity (Wildman–Crippen MR) is 99.9 cm³/mol. The fourth-order valence-electron chi connectivity index (χ4n) is 3.82. The van der Waals surface area contributed by atoms with Crippen molar-refractivity contribution < 1.29 is 9.53 Å². The molecule has 4 rings (SSSR count). The summed E-state index contributed by atoms with van der Waals surface area (Å²) >= 11 is 0. The molecule has 1 aliphatic heterocycles. The van der Waals surface area contributed by atoms with Crippen LogP contribution in [0.2, 0.25) is 0 Å². The number of aryl methyl sites for hydroxylation is 1. The van der Waals surface area contributed by atoms with Crippen LogP contribution < -0.4 is 0 Å². The molecule has 26 heavy (non-hydrogen) atoms. The highest BCUT2D eigenvalue weighted by molar-refractivity contribution is 5.89. The number of hydrogen-bond acceptors (Lipinski definition) is 3. The number of benzene rings is 2. The van der Waals surface area contributed by atoms with E-state index in [-0.39, 0.29) is 12.1 Å². The number of carbonyl (C=O) groups excluding carboxylic acids is 1. The van der Waals surface area contributed by atoms with Crippen molar-refractivity contribution in [2.75, 3.05) is 0 Å². The summed E-state index contributed by atoms with van der Waals surface area (Å²) < 4.78 is 7.78. The van der Waals surface area contributed by atoms with Crippen LogP contribution in [0.15, 0.2) is 66.9 Å². The largest absolute Gasteiger partial charge is 0.459 e. The van der Waals surface area contributed by atoms with Gasteiger partial charge >= 0.3 is 5.97 Å². The van der Waals surface area contributed by atoms with Crippen molar-refractivity contribution >= 4 is 5.97 Å². The van der Waals surface area contributed by atoms with Crippen LogP contribution in [0.4, 0.5) is 0 Å². The summed E-state index contributed by atoms with van der Waals surface area (Å²) in [6, 6.07) is 19.9. The maximum absolute atomic E-state index is 13.1. The summed E-state index contributed by atoms with van der Waals surface area (Å²) in [5, 5.41) is 4.42. The Morgan fingerprint density at radius 1 is 1.04 bits per heavy atom. The number of ether oxygens (including phenoxy) is 1. The standard InChI is InChI=1S/C22H22N2O2/c1-16-14-23-24(17(16)2)15-20-13-22(21(25)26-20,18-9-5-3-6-10-18)19-11-7-4-8-12-19/h3-12,14,20H,13,15H2,1-2H3. The van der Waals surface area contributed by atoms with Gasteiger partial charge in [0.05, 0.1) is 12.7 Å². The number of hydrogen-bond donors (Lipinski definition) is 0. The van der Waals surface area contributed by atoms with E-state index in [9.17, 15) is 4.79 Å². The minimum Gasteiger partial charge on any atom is -0.459 e. The van der Waals surface area contributed by atoms with Gasteiger partial charge in [-0.2, -0.15) is 5.10 Å². The Labute approximate surface area is 153 Å². The predicted octanol–water partition coefficient (Wildman–Crippen LogP) is 3.80. The molecule has 132 valence electrons. The first-order chi connectivity index (χ1) is 12.6. The first kappa shape index (κ1) is 16.6. The summed E-state index contributed by atoms with van der Waals surface area (Å²) in [5.41, 5.74) is 3.45. The summed E-state index contributed by atoms with van der Waals surface area (Å²) in [5.74, 6) is -0.179. The molecule has 0 radical (unpaired) electrons. The van der Waals surface area contributed by atoms with Gasteiger partial charge in [-0.05, 0) is 30.5 Å². The third-order valence-corrected chi connectivity index (χ3v) is 5.41. The van der Waals surface area contributed by atoms with Crippen LogP contribution >= 0.6 is 0 Å². The monoisotopic (exact) mass is 346 g/mol. The molecule has 4 heteroatoms. The maximum Gasteiger partial charge on any atom is 0.321 e. The number of rotatable bonds is 4. The molecule has 0 amide bonds. The number of nitrogens with zero attached hydrogens (tertiary/aromatic N) is 2. The zero-order chi connectivity index (χ0) is 18.1. The highest BCUT2D eigenvalue weighted by Crippen LogP contribution is 2.43. The molecule has 0 bridgehead atoms. The SMILES string of the molecule is Cc1cnn(CC2CC(c3ccccc3)(c3ccccc3)C(=O)O2)c1C. The van der Waals surface area contributed by atoms with Gasteiger partial charge in [-0.3, -0.25) is 9.48 Å². The van der Waals surface area contributed by atoms with E-state index in [0.29, 0.717) is 13.0 Å². The summed E-state index contributed by atoms with van der Waals surface area (Å²) in [4.78, 5) is 13.1. The van der Waals surface area contributed by atoms with E-state index >= 15 is 0 Å². The first-order valence-electron chi connectivity index (χ1n) is 8.92. The Morgan fingerprint density at radius 3 is 2.12 bits per heavy atom. The topological polar surface area (TPSA) is 44.1 Å². The number of carbonyl (C=O) groups is 1. The van der Waals surface area contributed by atoms with Crippen LogP contribution in [0, 0.1) is 13.8 Å². The Balaban J connectivity index is 1.73. The van der Waals surface area contributed by atoms with Crippen LogP contribution in [0.5, 0.6) is 0 Å². The normalized spacial score (nSPS) is 18.7. The number of aromatic nitrogens is 2. The molecule has 0 saturated carbocycles. The zero-order valence-electron chi connectivity index (χ0n) is 15.1. The van der Waals surface area contributed by atoms with Gasteiger partial charge < -0.3 is 4.74 Å². The highest BCUT2D eigenvalue weighted by Gasteiger charge is 2.51. The van der Waals surface area contributed by atoms with Crippen LogP contribution in [0.3, 0.4) is 0 Å². The van der Waals surface area contributed by atoms with Gasteiger partial charge in [0.2, 0.25) is 0 Å². The maximum atomic E-state index is 13.1. The lowest BCUT2D eigenvalue weighted by Gasteiger charge is -2.26. The van der Waals surface area contributed by atoms with Gasteiger partial charge in [0.25, 0.3) is 0 Å². The van der Waals surface area contributed by atoms with Gasteiger partial charge in [-0.15, -0.1) is 0 Å². The summed E-state index contributed by atoms with van der Waals surface area (Å²) in [6.07, 6.45) is 2.26. The minimum atomic E-state index is -0.761. The Bertz CT molecular complexity index is 876. The lowest BCUT2D eigenvalue weighted by atomic mass is 9.72. The molecule has 4 nitrogen and oxygen atoms in total. The van der Waals surface area contributed by atoms with E-state index < -0.39 is 5.41 Å². The van der Waals surface area contributed by atoms with E-state index in [4.69, 9.17) is 4.74 Å². The van der Waals surface area contributed by atoms with Crippen molar-refractivity contribution in [1.82, 2.24) is 9.78 Å². The number of cyclic esters (lactones) is 1. The average molecular weight is 346 g/mol. The van der Waals surface area contributed by atoms with Crippen molar-refractivity contribution in [3.8, 4) is 0 Å². The molecule has 0 aliphatic carbocycles. The van der Waals surface area contributed by atoms with Crippen LogP contribution in [-0.4, -0.2) is 21.9 Å². The lowest BCUT2D eigenvalue weighted by molar-refractivity contribution is -0.145. The molecule has 1 unspecified atom stereocenters. The van der Waals surface area contributed by atoms with Gasteiger partial charge in [-0.25, -0.2) is 0 Å². The average Bonchev–Trinajstić information content (AvgIpc) is 3.18. The highest BCUT2D eigenvalue weighted by atomic mass is 16.6. The van der Waals surface area contributed by atoms with Crippen molar-refractivity contribution in [3.05, 3.63) is 89.2 Å². The molecule has 0 spiro atoms. The molecule has 1 atom stereocenters. The third kappa shape index (κ3) is 2.62. The van der Waals surface area contributed by atoms with Gasteiger partial charge in [-0.1, -0.05) is 60.7 Å². The second kappa shape index (κ2) is 6.45. The molecule has 1 aliphatic rings. The quantitative estimate of drug-likeness (QED) is 0.675. The van der Waals surface area contributed by atoms with Gasteiger partial charge in [0.1, 0.15) is 11.5 Å². The smallest absolute Gasteiger partial charge is 0.321 e. The molecular weight excluding hydrogens is 324 g/mol. The van der Waals surface area contributed by atoms with E-state index in [1.165, 1.54) is 0 Å². The van der Waals surface area contributed by atoms with E-state index in [0.717, 1.165) is 22.4 Å². The summed E-state index contributed by atoms with van der Waals surface area (Å²) in [7, 11) is 0. The molecule has 2 heterocycles. The van der Waals surface area contributed by atoms with Crippen molar-refractivity contribution in [3.63, 3.8) is 0 Å². The number of esters is 1. The van der Waals surface area contributed by atoms with Crippen molar-refractivity contribution in [2.24, 2.45) is 0 Å². The molecule has 1 aromatic heterocycles. The van der Waals surface area contributed by atoms with Gasteiger partial charge in [0.15, 0.2) is 0 Å². The van der Waals surface area contributed by atoms with E-state index in [1.807, 2.05) is 85.4 Å². The van der Waals surface area contributed by atoms with Gasteiger partial charge in [0, 0.05) is 12.1 Å². The molecular formula is C22H22N2O2.